The number of rotatable bonds is 5. The molecule has 1 amide bonds. The first kappa shape index (κ1) is 14.6. The Hall–Kier alpha value is -1.47. The first-order chi connectivity index (χ1) is 8.51. The van der Waals surface area contributed by atoms with Gasteiger partial charge in [-0.15, -0.1) is 0 Å². The van der Waals surface area contributed by atoms with Crippen LogP contribution in [-0.4, -0.2) is 35.4 Å². The smallest absolute Gasteiger partial charge is 0.270 e. The number of carbonyl (C=O) groups excluding carboxylic acids is 1. The monoisotopic (exact) mass is 315 g/mol. The summed E-state index contributed by atoms with van der Waals surface area (Å²) >= 11 is 3.23. The molecule has 0 heterocycles. The summed E-state index contributed by atoms with van der Waals surface area (Å²) in [5.74, 6) is -0.265. The van der Waals surface area contributed by atoms with E-state index >= 15 is 0 Å². The third kappa shape index (κ3) is 3.27. The van der Waals surface area contributed by atoms with E-state index in [1.165, 1.54) is 18.2 Å². The van der Waals surface area contributed by atoms with Crippen molar-refractivity contribution >= 4 is 27.5 Å². The topological polar surface area (TPSA) is 89.5 Å². The fourth-order valence-electron chi connectivity index (χ4n) is 1.52. The molecule has 1 aromatic carbocycles. The van der Waals surface area contributed by atoms with E-state index in [0.717, 1.165) is 0 Å². The third-order valence-electron chi connectivity index (χ3n) is 2.46. The molecular formula is C11H14BrN3O3. The molecule has 0 atom stereocenters. The molecule has 7 heteroatoms. The average molecular weight is 316 g/mol. The van der Waals surface area contributed by atoms with Gasteiger partial charge >= 0.3 is 0 Å². The van der Waals surface area contributed by atoms with Crippen molar-refractivity contribution in [3.05, 3.63) is 38.3 Å². The van der Waals surface area contributed by atoms with Gasteiger partial charge in [-0.3, -0.25) is 14.9 Å². The van der Waals surface area contributed by atoms with Gasteiger partial charge < -0.3 is 10.6 Å². The van der Waals surface area contributed by atoms with Crippen LogP contribution in [0.25, 0.3) is 0 Å². The fourth-order valence-corrected chi connectivity index (χ4v) is 1.94. The van der Waals surface area contributed by atoms with Gasteiger partial charge in [0, 0.05) is 36.2 Å². The molecule has 0 aliphatic heterocycles. The number of hydrogen-bond donors (Lipinski definition) is 1. The summed E-state index contributed by atoms with van der Waals surface area (Å²) in [6, 6.07) is 4.12. The standard InChI is InChI=1S/C11H14BrN3O3/c1-2-14(6-5-13)11(16)9-7-8(15(17)18)3-4-10(9)12/h3-4,7H,2,5-6,13H2,1H3. The van der Waals surface area contributed by atoms with Gasteiger partial charge in [-0.2, -0.15) is 0 Å². The Bertz CT molecular complexity index is 465. The SMILES string of the molecule is CCN(CCN)C(=O)c1cc([N+](=O)[O-])ccc1Br. The molecule has 0 unspecified atom stereocenters. The number of nitro groups is 1. The Balaban J connectivity index is 3.10. The van der Waals surface area contributed by atoms with Crippen LogP contribution in [0.4, 0.5) is 5.69 Å². The molecule has 2 N–H and O–H groups in total. The van der Waals surface area contributed by atoms with Crippen molar-refractivity contribution < 1.29 is 9.72 Å². The lowest BCUT2D eigenvalue weighted by Crippen LogP contribution is -2.35. The Morgan fingerprint density at radius 3 is 2.72 bits per heavy atom. The van der Waals surface area contributed by atoms with Crippen LogP contribution < -0.4 is 5.73 Å². The molecule has 0 saturated carbocycles. The number of nitrogens with two attached hydrogens (primary N) is 1. The summed E-state index contributed by atoms with van der Waals surface area (Å²) in [4.78, 5) is 23.9. The number of likely N-dealkylation sites (N-methyl/N-ethyl adjacent to an activating group) is 1. The average Bonchev–Trinajstić information content (AvgIpc) is 2.35. The largest absolute Gasteiger partial charge is 0.338 e. The predicted molar refractivity (Wildman–Crippen MR) is 71.4 cm³/mol. The van der Waals surface area contributed by atoms with E-state index in [4.69, 9.17) is 5.73 Å². The molecule has 0 bridgehead atoms. The van der Waals surface area contributed by atoms with E-state index in [9.17, 15) is 14.9 Å². The highest BCUT2D eigenvalue weighted by atomic mass is 79.9. The van der Waals surface area contributed by atoms with Gasteiger partial charge in [-0.1, -0.05) is 0 Å². The quantitative estimate of drug-likeness (QED) is 0.662. The van der Waals surface area contributed by atoms with E-state index in [-0.39, 0.29) is 17.2 Å². The van der Waals surface area contributed by atoms with Crippen molar-refractivity contribution in [2.75, 3.05) is 19.6 Å². The first-order valence-corrected chi connectivity index (χ1v) is 6.23. The Morgan fingerprint density at radius 2 is 2.22 bits per heavy atom. The van der Waals surface area contributed by atoms with Crippen molar-refractivity contribution in [2.45, 2.75) is 6.92 Å². The van der Waals surface area contributed by atoms with Crippen LogP contribution in [-0.2, 0) is 0 Å². The second-order valence-corrected chi connectivity index (χ2v) is 4.45. The minimum absolute atomic E-state index is 0.106. The maximum absolute atomic E-state index is 12.2. The van der Waals surface area contributed by atoms with Crippen LogP contribution in [0.1, 0.15) is 17.3 Å². The Labute approximate surface area is 113 Å². The lowest BCUT2D eigenvalue weighted by Gasteiger charge is -2.20. The van der Waals surface area contributed by atoms with Gasteiger partial charge in [0.15, 0.2) is 0 Å². The highest BCUT2D eigenvalue weighted by Gasteiger charge is 2.19. The summed E-state index contributed by atoms with van der Waals surface area (Å²) < 4.78 is 0.536. The number of carbonyl (C=O) groups is 1. The number of halogens is 1. The van der Waals surface area contributed by atoms with Crippen molar-refractivity contribution in [3.8, 4) is 0 Å². The molecular weight excluding hydrogens is 302 g/mol. The summed E-state index contributed by atoms with van der Waals surface area (Å²) in [6.45, 7) is 3.11. The van der Waals surface area contributed by atoms with Crippen LogP contribution in [0.2, 0.25) is 0 Å². The molecule has 98 valence electrons. The van der Waals surface area contributed by atoms with E-state index in [2.05, 4.69) is 15.9 Å². The summed E-state index contributed by atoms with van der Waals surface area (Å²) in [5.41, 5.74) is 5.59. The van der Waals surface area contributed by atoms with Gasteiger partial charge in [0.25, 0.3) is 11.6 Å². The van der Waals surface area contributed by atoms with Crippen molar-refractivity contribution in [2.24, 2.45) is 5.73 Å². The zero-order valence-corrected chi connectivity index (χ0v) is 11.5. The molecule has 18 heavy (non-hydrogen) atoms. The van der Waals surface area contributed by atoms with Gasteiger partial charge in [0.1, 0.15) is 0 Å². The minimum Gasteiger partial charge on any atom is -0.338 e. The van der Waals surface area contributed by atoms with Gasteiger partial charge in [-0.25, -0.2) is 0 Å². The fraction of sp³-hybridized carbons (Fsp3) is 0.364. The molecule has 1 aromatic rings. The minimum atomic E-state index is -0.525. The lowest BCUT2D eigenvalue weighted by atomic mass is 10.1. The molecule has 6 nitrogen and oxygen atoms in total. The van der Waals surface area contributed by atoms with Crippen molar-refractivity contribution in [3.63, 3.8) is 0 Å². The van der Waals surface area contributed by atoms with E-state index in [0.29, 0.717) is 24.1 Å². The number of amides is 1. The maximum atomic E-state index is 12.2. The Kier molecular flexibility index (Phi) is 5.24. The van der Waals surface area contributed by atoms with E-state index in [1.807, 2.05) is 6.92 Å². The molecule has 0 spiro atoms. The Morgan fingerprint density at radius 1 is 1.56 bits per heavy atom. The zero-order chi connectivity index (χ0) is 13.7. The zero-order valence-electron chi connectivity index (χ0n) is 9.93. The van der Waals surface area contributed by atoms with Crippen LogP contribution in [0, 0.1) is 10.1 Å². The summed E-state index contributed by atoms with van der Waals surface area (Å²) in [7, 11) is 0. The molecule has 1 rings (SSSR count). The molecule has 0 radical (unpaired) electrons. The van der Waals surface area contributed by atoms with Gasteiger partial charge in [-0.05, 0) is 28.9 Å². The molecule has 0 saturated heterocycles. The third-order valence-corrected chi connectivity index (χ3v) is 3.15. The predicted octanol–water partition coefficient (Wildman–Crippen LogP) is 1.78. The van der Waals surface area contributed by atoms with Crippen LogP contribution in [0.3, 0.4) is 0 Å². The number of hydrogen-bond acceptors (Lipinski definition) is 4. The van der Waals surface area contributed by atoms with Crippen LogP contribution >= 0.6 is 15.9 Å². The number of nitrogens with zero attached hydrogens (tertiary/aromatic N) is 2. The van der Waals surface area contributed by atoms with Gasteiger partial charge in [0.05, 0.1) is 10.5 Å². The highest BCUT2D eigenvalue weighted by Crippen LogP contribution is 2.23. The first-order valence-electron chi connectivity index (χ1n) is 5.44. The summed E-state index contributed by atoms with van der Waals surface area (Å²) in [5, 5.41) is 10.7. The van der Waals surface area contributed by atoms with Crippen molar-refractivity contribution in [1.82, 2.24) is 4.90 Å². The van der Waals surface area contributed by atoms with Gasteiger partial charge in [0.2, 0.25) is 0 Å². The number of non-ortho nitro benzene ring substituents is 1. The number of nitro benzene ring substituents is 1. The second-order valence-electron chi connectivity index (χ2n) is 3.59. The molecule has 0 fully saturated rings. The highest BCUT2D eigenvalue weighted by molar-refractivity contribution is 9.10. The second kappa shape index (κ2) is 6.46. The normalized spacial score (nSPS) is 10.2. The summed E-state index contributed by atoms with van der Waals surface area (Å²) in [6.07, 6.45) is 0. The molecule has 0 aliphatic carbocycles. The molecule has 0 aliphatic rings. The number of benzene rings is 1. The maximum Gasteiger partial charge on any atom is 0.270 e. The molecule has 0 aromatic heterocycles. The van der Waals surface area contributed by atoms with E-state index in [1.54, 1.807) is 4.90 Å². The van der Waals surface area contributed by atoms with E-state index < -0.39 is 4.92 Å². The van der Waals surface area contributed by atoms with Crippen LogP contribution in [0.5, 0.6) is 0 Å². The van der Waals surface area contributed by atoms with Crippen molar-refractivity contribution in [1.29, 1.82) is 0 Å². The lowest BCUT2D eigenvalue weighted by molar-refractivity contribution is -0.384. The van der Waals surface area contributed by atoms with Crippen LogP contribution in [0.15, 0.2) is 22.7 Å².